The largest absolute Gasteiger partial charge is 0.363 e. The number of hydrazine groups is 1. The van der Waals surface area contributed by atoms with Gasteiger partial charge in [-0.05, 0) is 28.3 Å². The highest BCUT2D eigenvalue weighted by atomic mass is 16.5. The Labute approximate surface area is 263 Å². The van der Waals surface area contributed by atoms with Crippen LogP contribution in [0.1, 0.15) is 28.7 Å². The summed E-state index contributed by atoms with van der Waals surface area (Å²) < 4.78 is 6.68. The summed E-state index contributed by atoms with van der Waals surface area (Å²) in [5, 5.41) is 6.67. The first kappa shape index (κ1) is 28.0. The Kier molecular flexibility index (Phi) is 6.93. The van der Waals surface area contributed by atoms with Gasteiger partial charge in [0.05, 0.1) is 12.6 Å². The second kappa shape index (κ2) is 11.1. The van der Waals surface area contributed by atoms with Crippen LogP contribution in [0.3, 0.4) is 0 Å². The van der Waals surface area contributed by atoms with Gasteiger partial charge in [-0.2, -0.15) is 0 Å². The maximum absolute atomic E-state index is 14.3. The molecule has 3 aromatic rings. The molecule has 45 heavy (non-hydrogen) atoms. The minimum atomic E-state index is -0.549. The molecule has 8 nitrogen and oxygen atoms in total. The van der Waals surface area contributed by atoms with Crippen molar-refractivity contribution in [2.75, 3.05) is 26.7 Å². The van der Waals surface area contributed by atoms with Crippen molar-refractivity contribution < 1.29 is 14.3 Å². The van der Waals surface area contributed by atoms with Crippen molar-refractivity contribution in [2.45, 2.75) is 42.4 Å². The molecule has 6 atom stereocenters. The number of benzene rings is 3. The van der Waals surface area contributed by atoms with Gasteiger partial charge in [-0.25, -0.2) is 14.8 Å². The molecular weight excluding hydrogens is 562 g/mol. The van der Waals surface area contributed by atoms with Crippen molar-refractivity contribution in [1.82, 2.24) is 25.1 Å². The second-order valence-corrected chi connectivity index (χ2v) is 12.5. The summed E-state index contributed by atoms with van der Waals surface area (Å²) >= 11 is 0. The zero-order valence-electron chi connectivity index (χ0n) is 25.3. The first-order valence-electron chi connectivity index (χ1n) is 15.8. The minimum absolute atomic E-state index is 0.00641. The normalized spacial score (nSPS) is 32.1. The van der Waals surface area contributed by atoms with Crippen molar-refractivity contribution >= 4 is 11.9 Å². The topological polar surface area (TPSA) is 68.4 Å². The van der Waals surface area contributed by atoms with Crippen LogP contribution in [0.2, 0.25) is 0 Å². The van der Waals surface area contributed by atoms with Gasteiger partial charge in [0.15, 0.2) is 0 Å². The van der Waals surface area contributed by atoms with Crippen LogP contribution in [0.25, 0.3) is 0 Å². The SMILES string of the molecule is CN1CC(=O)N2[C@@H](c3ccccc3)C34C5C=C(/C=C\C=C/C3O5)C(c3ccccc3)CN4C[C@@H]2N1C(=O)NCc1ccccc1. The van der Waals surface area contributed by atoms with Crippen LogP contribution in [0.5, 0.6) is 0 Å². The van der Waals surface area contributed by atoms with Crippen LogP contribution in [0.15, 0.2) is 127 Å². The highest BCUT2D eigenvalue weighted by molar-refractivity contribution is 5.83. The van der Waals surface area contributed by atoms with E-state index < -0.39 is 11.7 Å². The number of nitrogens with one attached hydrogen (secondary N) is 1. The molecular formula is C37H37N5O3. The van der Waals surface area contributed by atoms with E-state index in [0.717, 1.165) is 17.7 Å². The first-order chi connectivity index (χ1) is 22.1. The highest BCUT2D eigenvalue weighted by Gasteiger charge is 2.70. The Morgan fingerprint density at radius 3 is 2.31 bits per heavy atom. The summed E-state index contributed by atoms with van der Waals surface area (Å²) in [5.74, 6) is 0.105. The number of hydrogen-bond acceptors (Lipinski definition) is 5. The highest BCUT2D eigenvalue weighted by Crippen LogP contribution is 2.57. The molecule has 5 aliphatic heterocycles. The van der Waals surface area contributed by atoms with E-state index in [1.54, 1.807) is 10.0 Å². The molecule has 4 unspecified atom stereocenters. The van der Waals surface area contributed by atoms with E-state index >= 15 is 0 Å². The number of amides is 3. The Balaban J connectivity index is 1.26. The summed E-state index contributed by atoms with van der Waals surface area (Å²) in [6.45, 7) is 1.74. The van der Waals surface area contributed by atoms with Gasteiger partial charge in [0.25, 0.3) is 0 Å². The molecule has 3 saturated heterocycles. The molecule has 228 valence electrons. The molecule has 0 radical (unpaired) electrons. The van der Waals surface area contributed by atoms with Gasteiger partial charge in [-0.1, -0.05) is 115 Å². The maximum atomic E-state index is 14.3. The zero-order valence-corrected chi connectivity index (χ0v) is 25.3. The number of ether oxygens (including phenoxy) is 1. The smallest absolute Gasteiger partial charge is 0.334 e. The zero-order chi connectivity index (χ0) is 30.5. The average Bonchev–Trinajstić information content (AvgIpc) is 3.15. The molecule has 1 spiro atoms. The Morgan fingerprint density at radius 2 is 1.58 bits per heavy atom. The number of allylic oxidation sites excluding steroid dienone is 3. The van der Waals surface area contributed by atoms with Gasteiger partial charge in [0.1, 0.15) is 23.9 Å². The lowest BCUT2D eigenvalue weighted by molar-refractivity contribution is -0.287. The number of rotatable bonds is 4. The fraction of sp³-hybridized carbons (Fsp3) is 0.297. The van der Waals surface area contributed by atoms with Crippen LogP contribution in [-0.4, -0.2) is 82.4 Å². The van der Waals surface area contributed by atoms with Gasteiger partial charge in [0, 0.05) is 32.6 Å². The van der Waals surface area contributed by atoms with E-state index in [0.29, 0.717) is 13.1 Å². The molecule has 8 heteroatoms. The summed E-state index contributed by atoms with van der Waals surface area (Å²) in [5.41, 5.74) is 3.95. The number of carbonyl (C=O) groups excluding carboxylic acids is 2. The third kappa shape index (κ3) is 4.47. The quantitative estimate of drug-likeness (QED) is 0.474. The van der Waals surface area contributed by atoms with Crippen LogP contribution in [0, 0.1) is 0 Å². The first-order valence-corrected chi connectivity index (χ1v) is 15.8. The Bertz CT molecular complexity index is 1680. The summed E-state index contributed by atoms with van der Waals surface area (Å²) in [4.78, 5) is 32.8. The van der Waals surface area contributed by atoms with E-state index in [1.807, 2.05) is 60.5 Å². The van der Waals surface area contributed by atoms with Crippen LogP contribution in [0.4, 0.5) is 4.79 Å². The van der Waals surface area contributed by atoms with E-state index in [-0.39, 0.29) is 42.7 Å². The Hall–Kier alpha value is -4.50. The van der Waals surface area contributed by atoms with Crippen molar-refractivity contribution in [3.8, 4) is 0 Å². The molecule has 1 N–H and O–H groups in total. The lowest BCUT2D eigenvalue weighted by Gasteiger charge is -2.69. The molecule has 5 heterocycles. The standard InChI is InChI=1S/C37H37N5O3/c1-39-25-34(43)41-33(42(39)36(44)38-22-26-13-5-2-6-14-26)24-40-23-30(27-15-7-3-8-16-27)29-19-11-12-20-31-37(40,32(21-29)45-31)35(41)28-17-9-4-10-18-28/h2-21,30-33,35H,22-25H2,1H3,(H,38,44)/b19-11-,20-12-/t30?,31?,32?,33-,35-,37?/m0/s1. The predicted octanol–water partition coefficient (Wildman–Crippen LogP) is 4.63. The predicted molar refractivity (Wildman–Crippen MR) is 171 cm³/mol. The molecule has 3 amide bonds. The second-order valence-electron chi connectivity index (χ2n) is 12.5. The average molecular weight is 600 g/mol. The van der Waals surface area contributed by atoms with Crippen molar-refractivity contribution in [3.63, 3.8) is 0 Å². The van der Waals surface area contributed by atoms with Crippen molar-refractivity contribution in [3.05, 3.63) is 144 Å². The van der Waals surface area contributed by atoms with Gasteiger partial charge in [0.2, 0.25) is 5.91 Å². The third-order valence-corrected chi connectivity index (χ3v) is 10.1. The van der Waals surface area contributed by atoms with E-state index in [4.69, 9.17) is 4.74 Å². The number of hydrogen-bond donors (Lipinski definition) is 1. The number of likely N-dealkylation sites (N-methyl/N-ethyl adjacent to an activating group) is 1. The van der Waals surface area contributed by atoms with Gasteiger partial charge >= 0.3 is 6.03 Å². The molecule has 0 aromatic heterocycles. The monoisotopic (exact) mass is 599 g/mol. The number of piperazine rings is 1. The number of carbonyl (C=O) groups is 2. The molecule has 3 fully saturated rings. The van der Waals surface area contributed by atoms with Crippen molar-refractivity contribution in [2.24, 2.45) is 0 Å². The van der Waals surface area contributed by atoms with Crippen molar-refractivity contribution in [1.29, 1.82) is 0 Å². The summed E-state index contributed by atoms with van der Waals surface area (Å²) in [6, 6.07) is 30.3. The van der Waals surface area contributed by atoms with E-state index in [9.17, 15) is 9.59 Å². The minimum Gasteiger partial charge on any atom is -0.363 e. The molecule has 4 bridgehead atoms. The summed E-state index contributed by atoms with van der Waals surface area (Å²) in [6.07, 6.45) is 9.84. The molecule has 9 rings (SSSR count). The maximum Gasteiger partial charge on any atom is 0.334 e. The molecule has 0 saturated carbocycles. The molecule has 6 aliphatic rings. The lowest BCUT2D eigenvalue weighted by Crippen LogP contribution is -2.85. The third-order valence-electron chi connectivity index (χ3n) is 10.1. The van der Waals surface area contributed by atoms with Crippen LogP contribution < -0.4 is 5.32 Å². The fourth-order valence-corrected chi connectivity index (χ4v) is 8.15. The molecule has 1 aliphatic carbocycles. The number of nitrogens with zero attached hydrogens (tertiary/aromatic N) is 4. The van der Waals surface area contributed by atoms with Gasteiger partial charge in [-0.15, -0.1) is 0 Å². The van der Waals surface area contributed by atoms with Gasteiger partial charge < -0.3 is 15.0 Å². The number of urea groups is 1. The summed E-state index contributed by atoms with van der Waals surface area (Å²) in [7, 11) is 1.83. The molecule has 3 aromatic carbocycles. The van der Waals surface area contributed by atoms with E-state index in [1.165, 1.54) is 11.1 Å². The van der Waals surface area contributed by atoms with E-state index in [2.05, 4.69) is 83.1 Å². The van der Waals surface area contributed by atoms with Crippen LogP contribution >= 0.6 is 0 Å². The lowest BCUT2D eigenvalue weighted by atomic mass is 9.67. The fourth-order valence-electron chi connectivity index (χ4n) is 8.15. The Morgan fingerprint density at radius 1 is 0.889 bits per heavy atom. The van der Waals surface area contributed by atoms with Crippen LogP contribution in [-0.2, 0) is 16.1 Å². The number of fused-ring (bicyclic) bond motifs is 2. The van der Waals surface area contributed by atoms with Gasteiger partial charge in [-0.3, -0.25) is 9.69 Å².